The minimum Gasteiger partial charge on any atom is -0.375 e. The molecule has 2 aliphatic heterocycles. The molecule has 0 aromatic rings. The van der Waals surface area contributed by atoms with Crippen LogP contribution in [0.5, 0.6) is 0 Å². The van der Waals surface area contributed by atoms with Crippen LogP contribution in [-0.2, 0) is 4.74 Å². The molecule has 3 fully saturated rings. The number of nitrogens with two attached hydrogens (primary N) is 1. The molecule has 3 nitrogen and oxygen atoms in total. The first-order valence-electron chi connectivity index (χ1n) is 8.91. The molecule has 4 heteroatoms. The van der Waals surface area contributed by atoms with Crippen molar-refractivity contribution in [3.05, 3.63) is 0 Å². The summed E-state index contributed by atoms with van der Waals surface area (Å²) in [5.74, 6) is 9.31. The van der Waals surface area contributed by atoms with Gasteiger partial charge in [0.2, 0.25) is 0 Å². The normalized spacial score (nSPS) is 33.1. The van der Waals surface area contributed by atoms with Crippen LogP contribution in [0, 0.1) is 11.3 Å². The maximum absolute atomic E-state index is 6.28. The standard InChI is InChI=1S/C17H32N2OS/c1-2-16(6-3-4-7-16)15(19-18)14-5-10-20-17(13-14)8-11-21-12-9-17/h14-15,19H,2-13,18H2,1H3. The largest absolute Gasteiger partial charge is 0.375 e. The molecular formula is C17H32N2OS. The highest BCUT2D eigenvalue weighted by molar-refractivity contribution is 7.99. The van der Waals surface area contributed by atoms with Crippen LogP contribution in [-0.4, -0.2) is 29.8 Å². The van der Waals surface area contributed by atoms with Gasteiger partial charge in [-0.3, -0.25) is 11.3 Å². The topological polar surface area (TPSA) is 47.3 Å². The average Bonchev–Trinajstić information content (AvgIpc) is 2.99. The Balaban J connectivity index is 1.74. The Kier molecular flexibility index (Phi) is 5.19. The summed E-state index contributed by atoms with van der Waals surface area (Å²) in [5.41, 5.74) is 3.89. The lowest BCUT2D eigenvalue weighted by Gasteiger charge is -2.49. The van der Waals surface area contributed by atoms with Gasteiger partial charge in [-0.05, 0) is 67.8 Å². The van der Waals surface area contributed by atoms with Crippen LogP contribution in [0.1, 0.15) is 64.7 Å². The van der Waals surface area contributed by atoms with Gasteiger partial charge in [0, 0.05) is 12.6 Å². The van der Waals surface area contributed by atoms with Gasteiger partial charge >= 0.3 is 0 Å². The number of nitrogens with one attached hydrogen (secondary N) is 1. The third-order valence-corrected chi connectivity index (χ3v) is 7.53. The predicted octanol–water partition coefficient (Wildman–Crippen LogP) is 3.48. The molecule has 21 heavy (non-hydrogen) atoms. The van der Waals surface area contributed by atoms with Crippen molar-refractivity contribution in [2.24, 2.45) is 17.2 Å². The molecule has 1 spiro atoms. The Morgan fingerprint density at radius 3 is 2.57 bits per heavy atom. The van der Waals surface area contributed by atoms with Gasteiger partial charge < -0.3 is 4.74 Å². The molecule has 0 bridgehead atoms. The van der Waals surface area contributed by atoms with E-state index in [4.69, 9.17) is 10.6 Å². The fourth-order valence-corrected chi connectivity index (χ4v) is 6.46. The van der Waals surface area contributed by atoms with Crippen LogP contribution in [0.4, 0.5) is 0 Å². The highest BCUT2D eigenvalue weighted by atomic mass is 32.2. The maximum Gasteiger partial charge on any atom is 0.0701 e. The van der Waals surface area contributed by atoms with Gasteiger partial charge in [-0.2, -0.15) is 11.8 Å². The molecule has 1 aliphatic carbocycles. The summed E-state index contributed by atoms with van der Waals surface area (Å²) >= 11 is 2.09. The molecular weight excluding hydrogens is 280 g/mol. The lowest BCUT2D eigenvalue weighted by atomic mass is 9.67. The number of thioether (sulfide) groups is 1. The summed E-state index contributed by atoms with van der Waals surface area (Å²) in [7, 11) is 0. The van der Waals surface area contributed by atoms with Crippen LogP contribution in [0.15, 0.2) is 0 Å². The summed E-state index contributed by atoms with van der Waals surface area (Å²) in [5, 5.41) is 0. The lowest BCUT2D eigenvalue weighted by Crippen LogP contribution is -2.56. The van der Waals surface area contributed by atoms with E-state index in [0.717, 1.165) is 6.61 Å². The number of ether oxygens (including phenoxy) is 1. The van der Waals surface area contributed by atoms with Gasteiger partial charge in [0.1, 0.15) is 0 Å². The molecule has 0 amide bonds. The fourth-order valence-electron chi connectivity index (χ4n) is 5.22. The highest BCUT2D eigenvalue weighted by Gasteiger charge is 2.47. The summed E-state index contributed by atoms with van der Waals surface area (Å²) in [6.45, 7) is 3.30. The zero-order valence-electron chi connectivity index (χ0n) is 13.5. The number of hydrazine groups is 1. The second-order valence-electron chi connectivity index (χ2n) is 7.46. The minimum absolute atomic E-state index is 0.177. The van der Waals surface area contributed by atoms with E-state index >= 15 is 0 Å². The van der Waals surface area contributed by atoms with E-state index in [1.807, 2.05) is 0 Å². The summed E-state index contributed by atoms with van der Waals surface area (Å²) in [4.78, 5) is 0. The second-order valence-corrected chi connectivity index (χ2v) is 8.69. The van der Waals surface area contributed by atoms with Crippen molar-refractivity contribution < 1.29 is 4.74 Å². The molecule has 0 radical (unpaired) electrons. The molecule has 122 valence electrons. The Morgan fingerprint density at radius 1 is 1.24 bits per heavy atom. The fraction of sp³-hybridized carbons (Fsp3) is 1.00. The van der Waals surface area contributed by atoms with Crippen molar-refractivity contribution in [3.8, 4) is 0 Å². The molecule has 3 N–H and O–H groups in total. The van der Waals surface area contributed by atoms with Crippen molar-refractivity contribution in [2.75, 3.05) is 18.1 Å². The van der Waals surface area contributed by atoms with Crippen molar-refractivity contribution in [1.29, 1.82) is 0 Å². The molecule has 2 atom stereocenters. The highest BCUT2D eigenvalue weighted by Crippen LogP contribution is 2.50. The van der Waals surface area contributed by atoms with Crippen LogP contribution >= 0.6 is 11.8 Å². The van der Waals surface area contributed by atoms with E-state index in [1.54, 1.807) is 0 Å². The Morgan fingerprint density at radius 2 is 1.95 bits per heavy atom. The van der Waals surface area contributed by atoms with Gasteiger partial charge in [0.15, 0.2) is 0 Å². The van der Waals surface area contributed by atoms with E-state index in [2.05, 4.69) is 24.1 Å². The Labute approximate surface area is 134 Å². The van der Waals surface area contributed by atoms with E-state index in [9.17, 15) is 0 Å². The van der Waals surface area contributed by atoms with Gasteiger partial charge in [-0.15, -0.1) is 0 Å². The quantitative estimate of drug-likeness (QED) is 0.616. The van der Waals surface area contributed by atoms with Gasteiger partial charge in [-0.25, -0.2) is 0 Å². The zero-order chi connectivity index (χ0) is 14.8. The summed E-state index contributed by atoms with van der Waals surface area (Å²) < 4.78 is 6.28. The van der Waals surface area contributed by atoms with Gasteiger partial charge in [-0.1, -0.05) is 19.8 Å². The molecule has 2 saturated heterocycles. The first kappa shape index (κ1) is 16.1. The number of rotatable bonds is 4. The smallest absolute Gasteiger partial charge is 0.0701 e. The third kappa shape index (κ3) is 3.15. The zero-order valence-corrected chi connectivity index (χ0v) is 14.4. The van der Waals surface area contributed by atoms with Gasteiger partial charge in [0.05, 0.1) is 5.60 Å². The second kappa shape index (κ2) is 6.77. The van der Waals surface area contributed by atoms with E-state index < -0.39 is 0 Å². The molecule has 2 unspecified atom stereocenters. The van der Waals surface area contributed by atoms with E-state index in [1.165, 1.54) is 69.3 Å². The predicted molar refractivity (Wildman–Crippen MR) is 90.3 cm³/mol. The average molecular weight is 313 g/mol. The van der Waals surface area contributed by atoms with Crippen LogP contribution in [0.2, 0.25) is 0 Å². The van der Waals surface area contributed by atoms with E-state index in [0.29, 0.717) is 17.4 Å². The first-order chi connectivity index (χ1) is 10.2. The van der Waals surface area contributed by atoms with Crippen LogP contribution in [0.25, 0.3) is 0 Å². The molecule has 0 aromatic heterocycles. The van der Waals surface area contributed by atoms with Crippen molar-refractivity contribution in [2.45, 2.75) is 76.4 Å². The Bertz CT molecular complexity index is 332. The number of hydrogen-bond acceptors (Lipinski definition) is 4. The lowest BCUT2D eigenvalue weighted by molar-refractivity contribution is -0.114. The maximum atomic E-state index is 6.28. The number of hydrogen-bond donors (Lipinski definition) is 2. The molecule has 2 heterocycles. The molecule has 1 saturated carbocycles. The third-order valence-electron chi connectivity index (χ3n) is 6.55. The van der Waals surface area contributed by atoms with Crippen molar-refractivity contribution in [1.82, 2.24) is 5.43 Å². The van der Waals surface area contributed by atoms with Crippen LogP contribution in [0.3, 0.4) is 0 Å². The molecule has 3 rings (SSSR count). The monoisotopic (exact) mass is 312 g/mol. The molecule has 0 aromatic carbocycles. The minimum atomic E-state index is 0.177. The van der Waals surface area contributed by atoms with Crippen molar-refractivity contribution >= 4 is 11.8 Å². The summed E-state index contributed by atoms with van der Waals surface area (Å²) in [6, 6.07) is 0.486. The molecule has 3 aliphatic rings. The van der Waals surface area contributed by atoms with E-state index in [-0.39, 0.29) is 5.60 Å². The summed E-state index contributed by atoms with van der Waals surface area (Å²) in [6.07, 6.45) is 11.7. The van der Waals surface area contributed by atoms with Crippen LogP contribution < -0.4 is 11.3 Å². The van der Waals surface area contributed by atoms with Crippen molar-refractivity contribution in [3.63, 3.8) is 0 Å². The first-order valence-corrected chi connectivity index (χ1v) is 10.1. The van der Waals surface area contributed by atoms with Gasteiger partial charge in [0.25, 0.3) is 0 Å². The Hall–Kier alpha value is 0.230. The SMILES string of the molecule is CCC1(C(NN)C2CCOC3(CCSCC3)C2)CCCC1.